The van der Waals surface area contributed by atoms with Crippen LogP contribution in [0.1, 0.15) is 6.42 Å². The standard InChI is InChI=1S/C5H11NO6S2/c1-13(9,10)6(14(2,11)12)4-3-5(7)8/h3-4H2,1-2H3,(H,7,8). The molecule has 0 saturated heterocycles. The highest BCUT2D eigenvalue weighted by Gasteiger charge is 2.26. The quantitative estimate of drug-likeness (QED) is 0.643. The molecule has 0 amide bonds. The smallest absolute Gasteiger partial charge is 0.304 e. The molecule has 0 spiro atoms. The van der Waals surface area contributed by atoms with Crippen LogP contribution in [0.2, 0.25) is 0 Å². The van der Waals surface area contributed by atoms with E-state index in [4.69, 9.17) is 5.11 Å². The molecular weight excluding hydrogens is 234 g/mol. The highest BCUT2D eigenvalue weighted by molar-refractivity contribution is 8.03. The highest BCUT2D eigenvalue weighted by atomic mass is 32.3. The molecule has 0 aliphatic carbocycles. The predicted molar refractivity (Wildman–Crippen MR) is 48.6 cm³/mol. The van der Waals surface area contributed by atoms with Crippen LogP contribution in [0, 0.1) is 0 Å². The maximum Gasteiger partial charge on any atom is 0.304 e. The number of hydrogen-bond donors (Lipinski definition) is 1. The van der Waals surface area contributed by atoms with Gasteiger partial charge in [0, 0.05) is 6.54 Å². The van der Waals surface area contributed by atoms with Crippen molar-refractivity contribution in [1.82, 2.24) is 3.71 Å². The van der Waals surface area contributed by atoms with E-state index in [9.17, 15) is 21.6 Å². The van der Waals surface area contributed by atoms with Crippen molar-refractivity contribution in [3.05, 3.63) is 0 Å². The van der Waals surface area contributed by atoms with Crippen LogP contribution in [-0.2, 0) is 24.8 Å². The number of sulfonamides is 2. The minimum absolute atomic E-state index is 0.161. The second kappa shape index (κ2) is 4.24. The largest absolute Gasteiger partial charge is 0.481 e. The molecule has 0 aromatic heterocycles. The van der Waals surface area contributed by atoms with Crippen molar-refractivity contribution in [3.8, 4) is 0 Å². The molecule has 14 heavy (non-hydrogen) atoms. The van der Waals surface area contributed by atoms with E-state index in [2.05, 4.69) is 0 Å². The third-order valence-electron chi connectivity index (χ3n) is 1.25. The van der Waals surface area contributed by atoms with Crippen LogP contribution in [0.25, 0.3) is 0 Å². The van der Waals surface area contributed by atoms with Gasteiger partial charge in [0.05, 0.1) is 18.9 Å². The Kier molecular flexibility index (Phi) is 4.03. The summed E-state index contributed by atoms with van der Waals surface area (Å²) in [5.74, 6) is -1.26. The number of hydrogen-bond acceptors (Lipinski definition) is 5. The molecule has 0 aliphatic rings. The van der Waals surface area contributed by atoms with Crippen LogP contribution in [0.5, 0.6) is 0 Å². The first-order chi connectivity index (χ1) is 6.05. The minimum Gasteiger partial charge on any atom is -0.481 e. The van der Waals surface area contributed by atoms with Gasteiger partial charge in [0.2, 0.25) is 20.0 Å². The summed E-state index contributed by atoms with van der Waals surface area (Å²) in [6.45, 7) is -0.576. The third kappa shape index (κ3) is 4.53. The van der Waals surface area contributed by atoms with E-state index < -0.39 is 39.0 Å². The Hall–Kier alpha value is -0.670. The Morgan fingerprint density at radius 3 is 1.71 bits per heavy atom. The van der Waals surface area contributed by atoms with Gasteiger partial charge in [-0.2, -0.15) is 0 Å². The molecule has 0 bridgehead atoms. The first kappa shape index (κ1) is 13.3. The summed E-state index contributed by atoms with van der Waals surface area (Å²) in [5.41, 5.74) is 0. The SMILES string of the molecule is CS(=O)(=O)N(CCC(=O)O)S(C)(=O)=O. The molecule has 0 aromatic rings. The zero-order valence-corrected chi connectivity index (χ0v) is 9.30. The van der Waals surface area contributed by atoms with Gasteiger partial charge in [-0.3, -0.25) is 4.79 Å². The fraction of sp³-hybridized carbons (Fsp3) is 0.800. The van der Waals surface area contributed by atoms with Crippen molar-refractivity contribution in [2.24, 2.45) is 0 Å². The van der Waals surface area contributed by atoms with E-state index in [1.165, 1.54) is 0 Å². The molecule has 0 rings (SSSR count). The molecule has 0 radical (unpaired) electrons. The number of aliphatic carboxylic acids is 1. The summed E-state index contributed by atoms with van der Waals surface area (Å²) >= 11 is 0. The number of nitrogens with zero attached hydrogens (tertiary/aromatic N) is 1. The molecular formula is C5H11NO6S2. The predicted octanol–water partition coefficient (Wildman–Crippen LogP) is -1.32. The summed E-state index contributed by atoms with van der Waals surface area (Å²) in [4.78, 5) is 10.1. The molecule has 0 fully saturated rings. The van der Waals surface area contributed by atoms with Crippen molar-refractivity contribution in [2.75, 3.05) is 19.1 Å². The summed E-state index contributed by atoms with van der Waals surface area (Å²) < 4.78 is 43.9. The number of carboxylic acid groups (broad SMARTS) is 1. The fourth-order valence-corrected chi connectivity index (χ4v) is 3.58. The van der Waals surface area contributed by atoms with Crippen LogP contribution in [0.15, 0.2) is 0 Å². The molecule has 0 unspecified atom stereocenters. The van der Waals surface area contributed by atoms with Gasteiger partial charge in [0.1, 0.15) is 0 Å². The Labute approximate surface area is 82.4 Å². The second-order valence-corrected chi connectivity index (χ2v) is 6.71. The maximum atomic E-state index is 10.9. The van der Waals surface area contributed by atoms with Crippen molar-refractivity contribution < 1.29 is 26.7 Å². The monoisotopic (exact) mass is 245 g/mol. The van der Waals surface area contributed by atoms with E-state index in [1.54, 1.807) is 0 Å². The van der Waals surface area contributed by atoms with Crippen LogP contribution < -0.4 is 0 Å². The molecule has 0 aliphatic heterocycles. The summed E-state index contributed by atoms with van der Waals surface area (Å²) in [5, 5.41) is 8.28. The van der Waals surface area contributed by atoms with Crippen molar-refractivity contribution in [3.63, 3.8) is 0 Å². The highest BCUT2D eigenvalue weighted by Crippen LogP contribution is 2.05. The first-order valence-electron chi connectivity index (χ1n) is 3.45. The van der Waals surface area contributed by atoms with Gasteiger partial charge in [-0.15, -0.1) is 0 Å². The Morgan fingerprint density at radius 1 is 1.14 bits per heavy atom. The fourth-order valence-electron chi connectivity index (χ4n) is 0.765. The minimum atomic E-state index is -3.94. The topological polar surface area (TPSA) is 109 Å². The summed E-state index contributed by atoms with van der Waals surface area (Å²) in [6.07, 6.45) is 0.853. The van der Waals surface area contributed by atoms with Gasteiger partial charge < -0.3 is 5.11 Å². The van der Waals surface area contributed by atoms with Gasteiger partial charge >= 0.3 is 5.97 Å². The van der Waals surface area contributed by atoms with E-state index in [-0.39, 0.29) is 3.71 Å². The average molecular weight is 245 g/mol. The van der Waals surface area contributed by atoms with Gasteiger partial charge in [-0.25, -0.2) is 16.8 Å². The van der Waals surface area contributed by atoms with Gasteiger partial charge in [0.15, 0.2) is 0 Å². The summed E-state index contributed by atoms with van der Waals surface area (Å²) in [6, 6.07) is 0. The summed E-state index contributed by atoms with van der Waals surface area (Å²) in [7, 11) is -7.87. The van der Waals surface area contributed by atoms with E-state index in [0.29, 0.717) is 12.5 Å². The second-order valence-electron chi connectivity index (χ2n) is 2.67. The Morgan fingerprint density at radius 2 is 1.50 bits per heavy atom. The van der Waals surface area contributed by atoms with Crippen molar-refractivity contribution in [1.29, 1.82) is 0 Å². The van der Waals surface area contributed by atoms with Crippen LogP contribution >= 0.6 is 0 Å². The normalized spacial score (nSPS) is 13.1. The molecule has 9 heteroatoms. The van der Waals surface area contributed by atoms with Crippen molar-refractivity contribution >= 4 is 26.0 Å². The number of rotatable bonds is 5. The number of carbonyl (C=O) groups is 1. The lowest BCUT2D eigenvalue weighted by Gasteiger charge is -2.15. The van der Waals surface area contributed by atoms with Crippen LogP contribution in [-0.4, -0.2) is 50.7 Å². The van der Waals surface area contributed by atoms with E-state index >= 15 is 0 Å². The Balaban J connectivity index is 4.88. The molecule has 0 heterocycles. The number of carboxylic acids is 1. The lowest BCUT2D eigenvalue weighted by molar-refractivity contribution is -0.136. The Bertz CT molecular complexity index is 376. The zero-order chi connectivity index (χ0) is 11.6. The van der Waals surface area contributed by atoms with Crippen LogP contribution in [0.3, 0.4) is 0 Å². The first-order valence-corrected chi connectivity index (χ1v) is 7.14. The van der Waals surface area contributed by atoms with Gasteiger partial charge in [-0.1, -0.05) is 3.71 Å². The zero-order valence-electron chi connectivity index (χ0n) is 7.67. The third-order valence-corrected chi connectivity index (χ3v) is 4.72. The van der Waals surface area contributed by atoms with Crippen LogP contribution in [0.4, 0.5) is 0 Å². The molecule has 1 N–H and O–H groups in total. The molecule has 0 atom stereocenters. The van der Waals surface area contributed by atoms with Gasteiger partial charge in [-0.05, 0) is 0 Å². The molecule has 0 aromatic carbocycles. The average Bonchev–Trinajstić information content (AvgIpc) is 1.78. The lowest BCUT2D eigenvalue weighted by atomic mass is 10.5. The molecule has 84 valence electrons. The van der Waals surface area contributed by atoms with Gasteiger partial charge in [0.25, 0.3) is 0 Å². The maximum absolute atomic E-state index is 10.9. The molecule has 7 nitrogen and oxygen atoms in total. The lowest BCUT2D eigenvalue weighted by Crippen LogP contribution is -2.36. The molecule has 0 saturated carbocycles. The van der Waals surface area contributed by atoms with E-state index in [1.807, 2.05) is 0 Å². The van der Waals surface area contributed by atoms with Crippen molar-refractivity contribution in [2.45, 2.75) is 6.42 Å². The van der Waals surface area contributed by atoms with E-state index in [0.717, 1.165) is 0 Å².